The average molecular weight is 226 g/mol. The number of aromatic nitrogens is 1. The van der Waals surface area contributed by atoms with Crippen molar-refractivity contribution in [1.29, 1.82) is 0 Å². The molecule has 14 heavy (non-hydrogen) atoms. The Balaban J connectivity index is 3.54. The van der Waals surface area contributed by atoms with Crippen LogP contribution >= 0.6 is 11.3 Å². The second-order valence-electron chi connectivity index (χ2n) is 2.47. The summed E-state index contributed by atoms with van der Waals surface area (Å²) in [4.78, 5) is 19.9. The standard InChI is InChI=1S/C6H5F3N2O2S/c1-11-3(6(7,8)9)2(4(10)12)14-5(11)13/h1H3,(H2,10,12). The molecule has 0 bridgehead atoms. The molecular weight excluding hydrogens is 221 g/mol. The molecule has 0 aliphatic heterocycles. The molecule has 0 radical (unpaired) electrons. The molecule has 0 saturated carbocycles. The molecule has 0 atom stereocenters. The molecule has 78 valence electrons. The predicted molar refractivity (Wildman–Crippen MR) is 43.1 cm³/mol. The summed E-state index contributed by atoms with van der Waals surface area (Å²) < 4.78 is 37.3. The van der Waals surface area contributed by atoms with Crippen LogP contribution in [0.15, 0.2) is 4.79 Å². The van der Waals surface area contributed by atoms with E-state index in [1.54, 1.807) is 0 Å². The van der Waals surface area contributed by atoms with Gasteiger partial charge >= 0.3 is 11.0 Å². The van der Waals surface area contributed by atoms with Gasteiger partial charge < -0.3 is 5.73 Å². The maximum absolute atomic E-state index is 12.3. The van der Waals surface area contributed by atoms with Gasteiger partial charge in [0.2, 0.25) is 0 Å². The van der Waals surface area contributed by atoms with Crippen molar-refractivity contribution in [3.8, 4) is 0 Å². The zero-order valence-electron chi connectivity index (χ0n) is 6.88. The Labute approximate surface area is 79.8 Å². The minimum atomic E-state index is -4.75. The molecule has 0 aromatic carbocycles. The van der Waals surface area contributed by atoms with Crippen LogP contribution in [0.2, 0.25) is 0 Å². The van der Waals surface area contributed by atoms with Gasteiger partial charge in [-0.3, -0.25) is 14.2 Å². The van der Waals surface area contributed by atoms with Crippen molar-refractivity contribution >= 4 is 17.2 Å². The van der Waals surface area contributed by atoms with Crippen LogP contribution in [0.25, 0.3) is 0 Å². The normalized spacial score (nSPS) is 11.7. The van der Waals surface area contributed by atoms with Crippen molar-refractivity contribution < 1.29 is 18.0 Å². The van der Waals surface area contributed by atoms with Gasteiger partial charge in [-0.2, -0.15) is 13.2 Å². The molecule has 1 heterocycles. The maximum atomic E-state index is 12.3. The van der Waals surface area contributed by atoms with Crippen LogP contribution in [0, 0.1) is 0 Å². The summed E-state index contributed by atoms with van der Waals surface area (Å²) in [5.74, 6) is -1.25. The molecule has 1 rings (SSSR count). The molecule has 1 amide bonds. The van der Waals surface area contributed by atoms with Crippen molar-refractivity contribution in [3.63, 3.8) is 0 Å². The molecule has 1 aromatic rings. The predicted octanol–water partition coefficient (Wildman–Crippen LogP) is 0.565. The van der Waals surface area contributed by atoms with E-state index in [1.165, 1.54) is 0 Å². The van der Waals surface area contributed by atoms with Gasteiger partial charge in [0.05, 0.1) is 0 Å². The van der Waals surface area contributed by atoms with Crippen LogP contribution < -0.4 is 10.6 Å². The van der Waals surface area contributed by atoms with Crippen molar-refractivity contribution in [2.45, 2.75) is 6.18 Å². The molecule has 0 aliphatic rings. The molecular formula is C6H5F3N2O2S. The molecule has 0 aliphatic carbocycles. The summed E-state index contributed by atoms with van der Waals surface area (Å²) in [5.41, 5.74) is 3.42. The third-order valence-corrected chi connectivity index (χ3v) is 2.55. The fraction of sp³-hybridized carbons (Fsp3) is 0.333. The van der Waals surface area contributed by atoms with Crippen LogP contribution in [0.3, 0.4) is 0 Å². The van der Waals surface area contributed by atoms with E-state index in [0.29, 0.717) is 4.57 Å². The van der Waals surface area contributed by atoms with E-state index in [0.717, 1.165) is 7.05 Å². The molecule has 8 heteroatoms. The largest absolute Gasteiger partial charge is 0.433 e. The van der Waals surface area contributed by atoms with Gasteiger partial charge in [-0.05, 0) is 0 Å². The number of thiazole rings is 1. The lowest BCUT2D eigenvalue weighted by atomic mass is 10.3. The topological polar surface area (TPSA) is 65.1 Å². The third-order valence-electron chi connectivity index (χ3n) is 1.51. The van der Waals surface area contributed by atoms with Gasteiger partial charge in [0, 0.05) is 7.05 Å². The SMILES string of the molecule is Cn1c(C(F)(F)F)c(C(N)=O)sc1=O. The van der Waals surface area contributed by atoms with Crippen molar-refractivity contribution in [3.05, 3.63) is 20.2 Å². The number of alkyl halides is 3. The van der Waals surface area contributed by atoms with Gasteiger partial charge in [-0.15, -0.1) is 0 Å². The van der Waals surface area contributed by atoms with E-state index in [9.17, 15) is 22.8 Å². The highest BCUT2D eigenvalue weighted by Crippen LogP contribution is 2.32. The van der Waals surface area contributed by atoms with Crippen LogP contribution in [-0.2, 0) is 13.2 Å². The van der Waals surface area contributed by atoms with Crippen molar-refractivity contribution in [2.24, 2.45) is 12.8 Å². The minimum absolute atomic E-state index is 0.189. The second kappa shape index (κ2) is 3.12. The average Bonchev–Trinajstić information content (AvgIpc) is 2.27. The molecule has 4 nitrogen and oxygen atoms in total. The van der Waals surface area contributed by atoms with Crippen LogP contribution in [0.4, 0.5) is 13.2 Å². The van der Waals surface area contributed by atoms with Crippen LogP contribution in [0.1, 0.15) is 15.4 Å². The molecule has 0 saturated heterocycles. The van der Waals surface area contributed by atoms with Crippen LogP contribution in [0.5, 0.6) is 0 Å². The number of hydrogen-bond donors (Lipinski definition) is 1. The van der Waals surface area contributed by atoms with Gasteiger partial charge in [0.1, 0.15) is 10.6 Å². The van der Waals surface area contributed by atoms with Gasteiger partial charge in [0.25, 0.3) is 5.91 Å². The van der Waals surface area contributed by atoms with Gasteiger partial charge in [-0.25, -0.2) is 0 Å². The van der Waals surface area contributed by atoms with E-state index in [-0.39, 0.29) is 11.3 Å². The van der Waals surface area contributed by atoms with Crippen molar-refractivity contribution in [2.75, 3.05) is 0 Å². The van der Waals surface area contributed by atoms with E-state index in [2.05, 4.69) is 0 Å². The van der Waals surface area contributed by atoms with E-state index >= 15 is 0 Å². The number of hydrogen-bond acceptors (Lipinski definition) is 3. The first-order chi connectivity index (χ1) is 6.25. The molecule has 0 fully saturated rings. The zero-order chi connectivity index (χ0) is 11.1. The number of rotatable bonds is 1. The fourth-order valence-corrected chi connectivity index (χ4v) is 1.79. The van der Waals surface area contributed by atoms with Crippen LogP contribution in [-0.4, -0.2) is 10.5 Å². The number of carbonyl (C=O) groups excluding carboxylic acids is 1. The Bertz CT molecular complexity index is 431. The summed E-state index contributed by atoms with van der Waals surface area (Å²) in [6, 6.07) is 0. The first-order valence-corrected chi connectivity index (χ1v) is 4.13. The van der Waals surface area contributed by atoms with E-state index in [1.807, 2.05) is 0 Å². The fourth-order valence-electron chi connectivity index (χ4n) is 0.934. The summed E-state index contributed by atoms with van der Waals surface area (Å²) >= 11 is 0.189. The summed E-state index contributed by atoms with van der Waals surface area (Å²) in [5, 5.41) is 0. The summed E-state index contributed by atoms with van der Waals surface area (Å²) in [6.45, 7) is 0. The highest BCUT2D eigenvalue weighted by Gasteiger charge is 2.39. The minimum Gasteiger partial charge on any atom is -0.365 e. The number of halogens is 3. The van der Waals surface area contributed by atoms with Gasteiger partial charge in [0.15, 0.2) is 0 Å². The Morgan fingerprint density at radius 2 is 2.00 bits per heavy atom. The Hall–Kier alpha value is -1.31. The quantitative estimate of drug-likeness (QED) is 0.760. The number of primary amides is 1. The van der Waals surface area contributed by atoms with Crippen molar-refractivity contribution in [1.82, 2.24) is 4.57 Å². The summed E-state index contributed by atoms with van der Waals surface area (Å²) in [7, 11) is 0.939. The summed E-state index contributed by atoms with van der Waals surface area (Å²) in [6.07, 6.45) is -4.75. The lowest BCUT2D eigenvalue weighted by molar-refractivity contribution is -0.143. The molecule has 0 unspecified atom stereocenters. The van der Waals surface area contributed by atoms with E-state index in [4.69, 9.17) is 5.73 Å². The van der Waals surface area contributed by atoms with Gasteiger partial charge in [-0.1, -0.05) is 11.3 Å². The lowest BCUT2D eigenvalue weighted by Gasteiger charge is -2.07. The first-order valence-electron chi connectivity index (χ1n) is 3.32. The lowest BCUT2D eigenvalue weighted by Crippen LogP contribution is -2.21. The molecule has 0 spiro atoms. The Morgan fingerprint density at radius 1 is 1.50 bits per heavy atom. The first kappa shape index (κ1) is 10.8. The Kier molecular flexibility index (Phi) is 2.40. The van der Waals surface area contributed by atoms with E-state index < -0.39 is 27.5 Å². The molecule has 2 N–H and O–H groups in total. The molecule has 1 aromatic heterocycles. The second-order valence-corrected chi connectivity index (χ2v) is 3.43. The number of nitrogens with zero attached hydrogens (tertiary/aromatic N) is 1. The third kappa shape index (κ3) is 1.65. The number of amides is 1. The highest BCUT2D eigenvalue weighted by atomic mass is 32.1. The number of nitrogens with two attached hydrogens (primary N) is 1. The Morgan fingerprint density at radius 3 is 2.29 bits per heavy atom. The maximum Gasteiger partial charge on any atom is 0.433 e. The number of carbonyl (C=O) groups is 1. The smallest absolute Gasteiger partial charge is 0.365 e. The zero-order valence-corrected chi connectivity index (χ0v) is 7.70. The monoisotopic (exact) mass is 226 g/mol. The highest BCUT2D eigenvalue weighted by molar-refractivity contribution is 7.11.